The van der Waals surface area contributed by atoms with Gasteiger partial charge in [-0.2, -0.15) is 5.01 Å². The van der Waals surface area contributed by atoms with Crippen LogP contribution in [0, 0.1) is 36.4 Å². The lowest BCUT2D eigenvalue weighted by Gasteiger charge is -2.50. The number of hydrogen-bond acceptors (Lipinski definition) is 6. The minimum atomic E-state index is -1.48. The number of imide groups is 2. The average Bonchev–Trinajstić information content (AvgIpc) is 3.36. The predicted molar refractivity (Wildman–Crippen MR) is 155 cm³/mol. The molecular weight excluding hydrogens is 549 g/mol. The zero-order valence-corrected chi connectivity index (χ0v) is 23.7. The molecule has 43 heavy (non-hydrogen) atoms. The fraction of sp³-hybridized carbons (Fsp3) is 0.294. The maximum absolute atomic E-state index is 15.0. The van der Waals surface area contributed by atoms with Gasteiger partial charge in [0.05, 0.1) is 28.9 Å². The average molecular weight is 580 g/mol. The number of nitrogens with one attached hydrogen (secondary N) is 1. The van der Waals surface area contributed by atoms with Gasteiger partial charge in [-0.05, 0) is 61.1 Å². The fourth-order valence-corrected chi connectivity index (χ4v) is 7.98. The Labute approximate surface area is 247 Å². The van der Waals surface area contributed by atoms with Crippen LogP contribution in [0.4, 0.5) is 10.1 Å². The lowest BCUT2D eigenvalue weighted by Crippen LogP contribution is -2.53. The van der Waals surface area contributed by atoms with Crippen LogP contribution in [0.3, 0.4) is 0 Å². The molecule has 218 valence electrons. The van der Waals surface area contributed by atoms with Crippen LogP contribution in [0.2, 0.25) is 0 Å². The van der Waals surface area contributed by atoms with Crippen molar-refractivity contribution in [2.24, 2.45) is 23.7 Å². The summed E-state index contributed by atoms with van der Waals surface area (Å²) in [7, 11) is 1.48. The van der Waals surface area contributed by atoms with Crippen LogP contribution >= 0.6 is 0 Å². The van der Waals surface area contributed by atoms with Crippen LogP contribution in [0.5, 0.6) is 5.75 Å². The van der Waals surface area contributed by atoms with E-state index in [1.165, 1.54) is 19.2 Å². The zero-order chi connectivity index (χ0) is 30.2. The van der Waals surface area contributed by atoms with Crippen molar-refractivity contribution in [2.45, 2.75) is 31.1 Å². The summed E-state index contributed by atoms with van der Waals surface area (Å²) in [6.07, 6.45) is 2.38. The van der Waals surface area contributed by atoms with Crippen LogP contribution in [0.15, 0.2) is 84.4 Å². The molecule has 9 heteroatoms. The van der Waals surface area contributed by atoms with Gasteiger partial charge in [-0.25, -0.2) is 4.39 Å². The summed E-state index contributed by atoms with van der Waals surface area (Å²) in [6.45, 7) is 1.94. The topological polar surface area (TPSA) is 107 Å². The maximum Gasteiger partial charge on any atom is 0.260 e. The molecule has 2 aliphatic heterocycles. The molecule has 0 bridgehead atoms. The number of hydrazine groups is 1. The molecule has 8 nitrogen and oxygen atoms in total. The van der Waals surface area contributed by atoms with Crippen LogP contribution in [-0.2, 0) is 24.6 Å². The Morgan fingerprint density at radius 2 is 1.63 bits per heavy atom. The quantitative estimate of drug-likeness (QED) is 0.349. The highest BCUT2D eigenvalue weighted by Crippen LogP contribution is 2.64. The van der Waals surface area contributed by atoms with Gasteiger partial charge in [0.1, 0.15) is 0 Å². The Balaban J connectivity index is 1.47. The fourth-order valence-electron chi connectivity index (χ4n) is 7.98. The number of nitrogens with zero attached hydrogens (tertiary/aromatic N) is 2. The van der Waals surface area contributed by atoms with E-state index in [1.54, 1.807) is 30.3 Å². The molecule has 2 N–H and O–H groups in total. The molecule has 1 saturated carbocycles. The number of rotatable bonds is 4. The Morgan fingerprint density at radius 1 is 0.907 bits per heavy atom. The Kier molecular flexibility index (Phi) is 6.06. The second-order valence-electron chi connectivity index (χ2n) is 12.0. The predicted octanol–water partition coefficient (Wildman–Crippen LogP) is 4.45. The van der Waals surface area contributed by atoms with Gasteiger partial charge in [-0.1, -0.05) is 65.7 Å². The first-order valence-corrected chi connectivity index (χ1v) is 14.4. The molecule has 6 unspecified atom stereocenters. The normalized spacial score (nSPS) is 29.7. The number of fused-ring (bicyclic) bond motifs is 4. The van der Waals surface area contributed by atoms with E-state index in [4.69, 9.17) is 0 Å². The highest BCUT2D eigenvalue weighted by Gasteiger charge is 2.70. The van der Waals surface area contributed by atoms with E-state index < -0.39 is 58.4 Å². The van der Waals surface area contributed by atoms with E-state index >= 15 is 4.39 Å². The number of aryl methyl sites for hydroxylation is 1. The minimum absolute atomic E-state index is 0.169. The first-order valence-electron chi connectivity index (χ1n) is 14.4. The summed E-state index contributed by atoms with van der Waals surface area (Å²) in [5.74, 6) is -6.40. The summed E-state index contributed by atoms with van der Waals surface area (Å²) in [4.78, 5) is 57.0. The van der Waals surface area contributed by atoms with Crippen molar-refractivity contribution in [1.82, 2.24) is 9.91 Å². The number of aromatic hydroxyl groups is 1. The minimum Gasteiger partial charge on any atom is -0.505 e. The van der Waals surface area contributed by atoms with E-state index in [2.05, 4.69) is 5.43 Å². The molecule has 0 spiro atoms. The zero-order valence-electron chi connectivity index (χ0n) is 23.7. The molecule has 3 aromatic carbocycles. The largest absolute Gasteiger partial charge is 0.505 e. The van der Waals surface area contributed by atoms with Gasteiger partial charge >= 0.3 is 0 Å². The third kappa shape index (κ3) is 3.73. The molecule has 2 saturated heterocycles. The van der Waals surface area contributed by atoms with E-state index in [0.717, 1.165) is 21.0 Å². The summed E-state index contributed by atoms with van der Waals surface area (Å²) in [5, 5.41) is 11.1. The standard InChI is InChI=1S/C34H30FN3O5/c1-18-8-11-21(12-9-18)36-38-31(41)25-17-24-22(13-14-23-28(24)32(42)37(2)30(23)40)29(19-10-15-27(39)26(35)16-19)34(25,33(38)43)20-6-4-3-5-7-20/h3-13,15-16,23-25,28-29,36,39H,14,17H2,1-2H3. The molecule has 4 amide bonds. The van der Waals surface area contributed by atoms with Gasteiger partial charge in [0, 0.05) is 13.0 Å². The summed E-state index contributed by atoms with van der Waals surface area (Å²) in [6, 6.07) is 20.4. The number of carbonyl (C=O) groups is 4. The third-order valence-corrected chi connectivity index (χ3v) is 9.92. The van der Waals surface area contributed by atoms with Crippen molar-refractivity contribution in [3.8, 4) is 5.75 Å². The number of anilines is 1. The lowest BCUT2D eigenvalue weighted by atomic mass is 9.49. The Bertz CT molecular complexity index is 1720. The second-order valence-corrected chi connectivity index (χ2v) is 12.0. The van der Waals surface area contributed by atoms with E-state index in [1.807, 2.05) is 43.3 Å². The number of amides is 4. The summed E-state index contributed by atoms with van der Waals surface area (Å²) >= 11 is 0. The molecule has 3 aromatic rings. The first kappa shape index (κ1) is 27.1. The highest BCUT2D eigenvalue weighted by atomic mass is 19.1. The molecule has 7 rings (SSSR count). The molecule has 2 aliphatic carbocycles. The van der Waals surface area contributed by atoms with Crippen molar-refractivity contribution in [3.63, 3.8) is 0 Å². The van der Waals surface area contributed by atoms with Crippen molar-refractivity contribution in [3.05, 3.63) is 107 Å². The molecule has 2 heterocycles. The van der Waals surface area contributed by atoms with E-state index in [-0.39, 0.29) is 18.2 Å². The van der Waals surface area contributed by atoms with Crippen molar-refractivity contribution in [1.29, 1.82) is 0 Å². The van der Waals surface area contributed by atoms with Gasteiger partial charge in [0.25, 0.3) is 11.8 Å². The SMILES string of the molecule is Cc1ccc(NN2C(=O)C3CC4C(=CCC5C(=O)N(C)C(=O)C54)C(c4ccc(O)c(F)c4)C3(c3ccccc3)C2=O)cc1. The summed E-state index contributed by atoms with van der Waals surface area (Å²) in [5.41, 5.74) is 4.86. The number of benzene rings is 3. The smallest absolute Gasteiger partial charge is 0.260 e. The number of hydrogen-bond donors (Lipinski definition) is 2. The molecule has 0 radical (unpaired) electrons. The number of allylic oxidation sites excluding steroid dienone is 2. The van der Waals surface area contributed by atoms with Gasteiger partial charge in [-0.3, -0.25) is 29.5 Å². The first-order chi connectivity index (χ1) is 20.6. The van der Waals surface area contributed by atoms with Crippen LogP contribution < -0.4 is 5.43 Å². The maximum atomic E-state index is 15.0. The van der Waals surface area contributed by atoms with Crippen LogP contribution in [0.1, 0.15) is 35.4 Å². The van der Waals surface area contributed by atoms with E-state index in [9.17, 15) is 24.3 Å². The van der Waals surface area contributed by atoms with Crippen molar-refractivity contribution in [2.75, 3.05) is 12.5 Å². The van der Waals surface area contributed by atoms with Gasteiger partial charge in [-0.15, -0.1) is 0 Å². The number of carbonyl (C=O) groups excluding carboxylic acids is 4. The molecule has 0 aromatic heterocycles. The Morgan fingerprint density at radius 3 is 2.33 bits per heavy atom. The number of phenolic OH excluding ortho intramolecular Hbond substituents is 1. The Hall–Kier alpha value is -4.79. The van der Waals surface area contributed by atoms with Crippen LogP contribution in [-0.4, -0.2) is 45.7 Å². The summed E-state index contributed by atoms with van der Waals surface area (Å²) < 4.78 is 15.0. The highest BCUT2D eigenvalue weighted by molar-refractivity contribution is 6.13. The van der Waals surface area contributed by atoms with Crippen molar-refractivity contribution >= 4 is 29.3 Å². The monoisotopic (exact) mass is 579 g/mol. The number of phenols is 1. The lowest BCUT2D eigenvalue weighted by molar-refractivity contribution is -0.140. The van der Waals surface area contributed by atoms with E-state index in [0.29, 0.717) is 23.2 Å². The molecule has 4 aliphatic rings. The second kappa shape index (κ2) is 9.62. The van der Waals surface area contributed by atoms with Gasteiger partial charge < -0.3 is 5.11 Å². The molecular formula is C34H30FN3O5. The number of halogens is 1. The molecule has 3 fully saturated rings. The van der Waals surface area contributed by atoms with Crippen molar-refractivity contribution < 1.29 is 28.7 Å². The van der Waals surface area contributed by atoms with Gasteiger partial charge in [0.15, 0.2) is 11.6 Å². The van der Waals surface area contributed by atoms with Gasteiger partial charge in [0.2, 0.25) is 11.8 Å². The van der Waals surface area contributed by atoms with Crippen LogP contribution in [0.25, 0.3) is 0 Å². The molecule has 6 atom stereocenters. The number of likely N-dealkylation sites (tertiary alicyclic amines) is 1. The third-order valence-electron chi connectivity index (χ3n) is 9.92.